The Morgan fingerprint density at radius 2 is 2.22 bits per heavy atom. The van der Waals surface area contributed by atoms with Crippen LogP contribution in [0.25, 0.3) is 0 Å². The van der Waals surface area contributed by atoms with E-state index in [-0.39, 0.29) is 18.4 Å². The van der Waals surface area contributed by atoms with Gasteiger partial charge in [-0.2, -0.15) is 4.98 Å². The zero-order valence-corrected chi connectivity index (χ0v) is 14.7. The lowest BCUT2D eigenvalue weighted by molar-refractivity contribution is 0.148. The summed E-state index contributed by atoms with van der Waals surface area (Å²) in [5, 5.41) is 8.34. The summed E-state index contributed by atoms with van der Waals surface area (Å²) in [6.07, 6.45) is 1.85. The number of aryl methyl sites for hydroxylation is 1. The maximum absolute atomic E-state index is 6.37. The molecule has 1 aromatic carbocycles. The van der Waals surface area contributed by atoms with E-state index in [2.05, 4.69) is 33.3 Å². The van der Waals surface area contributed by atoms with Gasteiger partial charge in [-0.05, 0) is 18.1 Å². The van der Waals surface area contributed by atoms with Crippen molar-refractivity contribution in [2.45, 2.75) is 32.4 Å². The standard InChI is InChI=1S/C16H21ClN4O.ClH/c1-2-5-16-19-15(20-22-16)11-21-9-8-18-10-14(21)12-6-3-4-7-13(12)17;/h3-4,6-7,14,18H,2,5,8-11H2,1H3;1H. The summed E-state index contributed by atoms with van der Waals surface area (Å²) in [7, 11) is 0. The van der Waals surface area contributed by atoms with Crippen LogP contribution in [0.3, 0.4) is 0 Å². The summed E-state index contributed by atoms with van der Waals surface area (Å²) < 4.78 is 5.28. The summed E-state index contributed by atoms with van der Waals surface area (Å²) in [6.45, 7) is 5.57. The Labute approximate surface area is 147 Å². The van der Waals surface area contributed by atoms with Crippen LogP contribution in [0.2, 0.25) is 5.02 Å². The SMILES string of the molecule is CCCc1nc(CN2CCNCC2c2ccccc2Cl)no1.Cl. The molecule has 1 saturated heterocycles. The third kappa shape index (κ3) is 4.44. The van der Waals surface area contributed by atoms with Crippen molar-refractivity contribution in [1.82, 2.24) is 20.4 Å². The maximum atomic E-state index is 6.37. The highest BCUT2D eigenvalue weighted by Gasteiger charge is 2.26. The molecule has 0 saturated carbocycles. The Balaban J connectivity index is 0.00000192. The van der Waals surface area contributed by atoms with Crippen molar-refractivity contribution in [3.63, 3.8) is 0 Å². The number of nitrogens with one attached hydrogen (secondary N) is 1. The van der Waals surface area contributed by atoms with E-state index in [1.807, 2.05) is 18.2 Å². The zero-order chi connectivity index (χ0) is 15.4. The predicted molar refractivity (Wildman–Crippen MR) is 93.0 cm³/mol. The van der Waals surface area contributed by atoms with Crippen LogP contribution in [0, 0.1) is 0 Å². The fourth-order valence-electron chi connectivity index (χ4n) is 2.84. The molecule has 1 aliphatic heterocycles. The van der Waals surface area contributed by atoms with Gasteiger partial charge in [0.1, 0.15) is 0 Å². The van der Waals surface area contributed by atoms with Gasteiger partial charge >= 0.3 is 0 Å². The van der Waals surface area contributed by atoms with Gasteiger partial charge in [0.2, 0.25) is 5.89 Å². The van der Waals surface area contributed by atoms with E-state index in [1.54, 1.807) is 0 Å². The van der Waals surface area contributed by atoms with Crippen molar-refractivity contribution in [1.29, 1.82) is 0 Å². The van der Waals surface area contributed by atoms with Crippen LogP contribution in [0.5, 0.6) is 0 Å². The number of halogens is 2. The van der Waals surface area contributed by atoms with Crippen molar-refractivity contribution >= 4 is 24.0 Å². The molecule has 1 atom stereocenters. The first-order valence-corrected chi connectivity index (χ1v) is 8.16. The molecule has 7 heteroatoms. The highest BCUT2D eigenvalue weighted by atomic mass is 35.5. The van der Waals surface area contributed by atoms with Crippen molar-refractivity contribution < 1.29 is 4.52 Å². The molecule has 2 heterocycles. The first kappa shape index (κ1) is 18.2. The Morgan fingerprint density at radius 1 is 1.39 bits per heavy atom. The minimum absolute atomic E-state index is 0. The molecule has 2 aromatic rings. The number of benzene rings is 1. The fourth-order valence-corrected chi connectivity index (χ4v) is 3.10. The Morgan fingerprint density at radius 3 is 3.00 bits per heavy atom. The highest BCUT2D eigenvalue weighted by molar-refractivity contribution is 6.31. The molecule has 1 unspecified atom stereocenters. The van der Waals surface area contributed by atoms with Crippen molar-refractivity contribution in [2.75, 3.05) is 19.6 Å². The Kier molecular flexibility index (Phi) is 6.84. The normalized spacial score (nSPS) is 18.6. The molecule has 3 rings (SSSR count). The van der Waals surface area contributed by atoms with Crippen LogP contribution >= 0.6 is 24.0 Å². The van der Waals surface area contributed by atoms with Gasteiger partial charge in [0, 0.05) is 37.1 Å². The second-order valence-corrected chi connectivity index (χ2v) is 5.97. The average molecular weight is 357 g/mol. The molecule has 0 amide bonds. The molecule has 1 aromatic heterocycles. The molecule has 0 radical (unpaired) electrons. The lowest BCUT2D eigenvalue weighted by Gasteiger charge is -2.36. The van der Waals surface area contributed by atoms with Gasteiger partial charge in [-0.1, -0.05) is 41.9 Å². The van der Waals surface area contributed by atoms with Crippen molar-refractivity contribution in [3.05, 3.63) is 46.6 Å². The monoisotopic (exact) mass is 356 g/mol. The highest BCUT2D eigenvalue weighted by Crippen LogP contribution is 2.29. The molecule has 1 N–H and O–H groups in total. The van der Waals surface area contributed by atoms with E-state index < -0.39 is 0 Å². The second-order valence-electron chi connectivity index (χ2n) is 5.57. The summed E-state index contributed by atoms with van der Waals surface area (Å²) >= 11 is 6.37. The van der Waals surface area contributed by atoms with Gasteiger partial charge in [0.25, 0.3) is 0 Å². The molecule has 5 nitrogen and oxygen atoms in total. The Bertz CT molecular complexity index is 620. The number of hydrogen-bond acceptors (Lipinski definition) is 5. The zero-order valence-electron chi connectivity index (χ0n) is 13.2. The number of nitrogens with zero attached hydrogens (tertiary/aromatic N) is 3. The minimum atomic E-state index is 0. The fraction of sp³-hybridized carbons (Fsp3) is 0.500. The Hall–Kier alpha value is -1.14. The lowest BCUT2D eigenvalue weighted by atomic mass is 10.0. The molecule has 0 bridgehead atoms. The summed E-state index contributed by atoms with van der Waals surface area (Å²) in [5.41, 5.74) is 1.15. The molecule has 0 aliphatic carbocycles. The lowest BCUT2D eigenvalue weighted by Crippen LogP contribution is -2.45. The molecule has 126 valence electrons. The maximum Gasteiger partial charge on any atom is 0.226 e. The van der Waals surface area contributed by atoms with E-state index in [0.29, 0.717) is 6.54 Å². The van der Waals surface area contributed by atoms with Gasteiger partial charge in [0.15, 0.2) is 5.82 Å². The van der Waals surface area contributed by atoms with Gasteiger partial charge in [-0.25, -0.2) is 0 Å². The van der Waals surface area contributed by atoms with E-state index in [1.165, 1.54) is 0 Å². The first-order valence-electron chi connectivity index (χ1n) is 7.78. The van der Waals surface area contributed by atoms with Crippen molar-refractivity contribution in [3.8, 4) is 0 Å². The van der Waals surface area contributed by atoms with Crippen molar-refractivity contribution in [2.24, 2.45) is 0 Å². The van der Waals surface area contributed by atoms with Crippen LogP contribution in [-0.2, 0) is 13.0 Å². The van der Waals surface area contributed by atoms with Crippen LogP contribution in [0.1, 0.15) is 36.7 Å². The third-order valence-electron chi connectivity index (χ3n) is 3.94. The molecule has 0 spiro atoms. The quantitative estimate of drug-likeness (QED) is 0.890. The van der Waals surface area contributed by atoms with E-state index >= 15 is 0 Å². The van der Waals surface area contributed by atoms with Crippen LogP contribution < -0.4 is 5.32 Å². The third-order valence-corrected chi connectivity index (χ3v) is 4.28. The van der Waals surface area contributed by atoms with Crippen LogP contribution in [0.15, 0.2) is 28.8 Å². The number of rotatable bonds is 5. The molecule has 1 fully saturated rings. The average Bonchev–Trinajstić information content (AvgIpc) is 2.96. The molecular formula is C16H22Cl2N4O. The second kappa shape index (κ2) is 8.64. The van der Waals surface area contributed by atoms with Crippen LogP contribution in [0.4, 0.5) is 0 Å². The largest absolute Gasteiger partial charge is 0.339 e. The molecular weight excluding hydrogens is 335 g/mol. The summed E-state index contributed by atoms with van der Waals surface area (Å²) in [6, 6.07) is 8.25. The number of aromatic nitrogens is 2. The van der Waals surface area contributed by atoms with Gasteiger partial charge in [-0.3, -0.25) is 4.90 Å². The molecule has 23 heavy (non-hydrogen) atoms. The van der Waals surface area contributed by atoms with E-state index in [0.717, 1.165) is 54.8 Å². The minimum Gasteiger partial charge on any atom is -0.339 e. The smallest absolute Gasteiger partial charge is 0.226 e. The van der Waals surface area contributed by atoms with Gasteiger partial charge in [-0.15, -0.1) is 12.4 Å². The summed E-state index contributed by atoms with van der Waals surface area (Å²) in [5.74, 6) is 1.48. The number of piperazine rings is 1. The van der Waals surface area contributed by atoms with Crippen LogP contribution in [-0.4, -0.2) is 34.7 Å². The topological polar surface area (TPSA) is 54.2 Å². The number of hydrogen-bond donors (Lipinski definition) is 1. The van der Waals surface area contributed by atoms with Gasteiger partial charge < -0.3 is 9.84 Å². The first-order chi connectivity index (χ1) is 10.8. The van der Waals surface area contributed by atoms with E-state index in [4.69, 9.17) is 16.1 Å². The summed E-state index contributed by atoms with van der Waals surface area (Å²) in [4.78, 5) is 6.83. The predicted octanol–water partition coefficient (Wildman–Crippen LogP) is 3.24. The molecule has 1 aliphatic rings. The van der Waals surface area contributed by atoms with Gasteiger partial charge in [0.05, 0.1) is 6.54 Å². The van der Waals surface area contributed by atoms with E-state index in [9.17, 15) is 0 Å².